The molecule has 0 aliphatic rings. The summed E-state index contributed by atoms with van der Waals surface area (Å²) in [7, 11) is 2.92. The second kappa shape index (κ2) is 8.26. The molecule has 0 spiro atoms. The van der Waals surface area contributed by atoms with E-state index in [1.165, 1.54) is 26.4 Å². The van der Waals surface area contributed by atoms with E-state index in [4.69, 9.17) is 14.2 Å². The van der Waals surface area contributed by atoms with Gasteiger partial charge in [-0.25, -0.2) is 13.8 Å². The van der Waals surface area contributed by atoms with Crippen molar-refractivity contribution < 1.29 is 23.0 Å². The van der Waals surface area contributed by atoms with Crippen LogP contribution in [0.3, 0.4) is 0 Å². The van der Waals surface area contributed by atoms with Crippen LogP contribution >= 0.6 is 0 Å². The Balaban J connectivity index is 1.78. The van der Waals surface area contributed by atoms with E-state index in [0.717, 1.165) is 12.1 Å². The number of methoxy groups -OCH3 is 2. The number of aromatic nitrogens is 3. The van der Waals surface area contributed by atoms with Crippen molar-refractivity contribution in [3.05, 3.63) is 59.8 Å². The summed E-state index contributed by atoms with van der Waals surface area (Å²) in [6.07, 6.45) is 1.55. The van der Waals surface area contributed by atoms with Crippen molar-refractivity contribution in [2.45, 2.75) is 6.54 Å². The molecule has 3 aromatic rings. The number of hydrogen-bond acceptors (Lipinski definition) is 7. The second-order valence-electron chi connectivity index (χ2n) is 5.29. The van der Waals surface area contributed by atoms with Crippen molar-refractivity contribution in [2.24, 2.45) is 0 Å². The topological polar surface area (TPSA) is 78.4 Å². The number of rotatable bonds is 7. The molecule has 0 saturated heterocycles. The summed E-state index contributed by atoms with van der Waals surface area (Å²) >= 11 is 0. The number of hydrogen-bond donors (Lipinski definition) is 1. The van der Waals surface area contributed by atoms with Crippen molar-refractivity contribution in [1.82, 2.24) is 15.0 Å². The maximum Gasteiger partial charge on any atom is 0.330 e. The number of anilines is 1. The molecule has 2 heterocycles. The van der Waals surface area contributed by atoms with E-state index < -0.39 is 11.6 Å². The van der Waals surface area contributed by atoms with Crippen molar-refractivity contribution >= 4 is 5.69 Å². The van der Waals surface area contributed by atoms with Gasteiger partial charge in [0, 0.05) is 30.1 Å². The molecule has 2 aromatic heterocycles. The predicted molar refractivity (Wildman–Crippen MR) is 93.1 cm³/mol. The molecular formula is C18H16F2N4O3. The van der Waals surface area contributed by atoms with E-state index in [1.54, 1.807) is 18.3 Å². The zero-order valence-electron chi connectivity index (χ0n) is 14.6. The minimum absolute atomic E-state index is 0.000948. The Labute approximate surface area is 154 Å². The molecular weight excluding hydrogens is 358 g/mol. The summed E-state index contributed by atoms with van der Waals surface area (Å²) < 4.78 is 42.2. The van der Waals surface area contributed by atoms with Gasteiger partial charge in [0.05, 0.1) is 20.3 Å². The first kappa shape index (κ1) is 18.3. The monoisotopic (exact) mass is 374 g/mol. The Morgan fingerprint density at radius 1 is 0.963 bits per heavy atom. The van der Waals surface area contributed by atoms with Crippen LogP contribution in [-0.2, 0) is 6.54 Å². The van der Waals surface area contributed by atoms with E-state index >= 15 is 0 Å². The molecule has 1 aromatic carbocycles. The van der Waals surface area contributed by atoms with Crippen LogP contribution in [0.1, 0.15) is 5.56 Å². The third-order valence-corrected chi connectivity index (χ3v) is 3.52. The third kappa shape index (κ3) is 4.57. The molecule has 1 N–H and O–H groups in total. The normalized spacial score (nSPS) is 10.4. The van der Waals surface area contributed by atoms with E-state index in [9.17, 15) is 8.78 Å². The van der Waals surface area contributed by atoms with Crippen molar-refractivity contribution in [3.8, 4) is 23.7 Å². The number of benzene rings is 1. The number of nitrogens with zero attached hydrogens (tertiary/aromatic N) is 3. The van der Waals surface area contributed by atoms with Gasteiger partial charge in [-0.1, -0.05) is 6.07 Å². The lowest BCUT2D eigenvalue weighted by Gasteiger charge is -2.11. The molecule has 9 heteroatoms. The summed E-state index contributed by atoms with van der Waals surface area (Å²) in [5.41, 5.74) is 1.08. The number of ether oxygens (including phenoxy) is 3. The Bertz CT molecular complexity index is 918. The molecule has 3 rings (SSSR count). The Morgan fingerprint density at radius 3 is 2.37 bits per heavy atom. The van der Waals surface area contributed by atoms with Gasteiger partial charge in [0.25, 0.3) is 0 Å². The summed E-state index contributed by atoms with van der Waals surface area (Å²) in [5, 5.41) is 2.98. The molecule has 140 valence electrons. The summed E-state index contributed by atoms with van der Waals surface area (Å²) in [5.74, 6) is -1.04. The first-order chi connectivity index (χ1) is 13.1. The Hall–Kier alpha value is -3.49. The third-order valence-electron chi connectivity index (χ3n) is 3.52. The van der Waals surface area contributed by atoms with Crippen LogP contribution in [-0.4, -0.2) is 29.2 Å². The lowest BCUT2D eigenvalue weighted by Crippen LogP contribution is -2.05. The van der Waals surface area contributed by atoms with Crippen molar-refractivity contribution in [3.63, 3.8) is 0 Å². The van der Waals surface area contributed by atoms with Crippen LogP contribution < -0.4 is 19.5 Å². The fraction of sp³-hybridized carbons (Fsp3) is 0.167. The highest BCUT2D eigenvalue weighted by molar-refractivity contribution is 5.45. The maximum absolute atomic E-state index is 13.3. The highest BCUT2D eigenvalue weighted by atomic mass is 19.2. The molecule has 0 radical (unpaired) electrons. The van der Waals surface area contributed by atoms with Crippen LogP contribution in [0.2, 0.25) is 0 Å². The Morgan fingerprint density at radius 2 is 1.70 bits per heavy atom. The Kier molecular flexibility index (Phi) is 5.60. The standard InChI is InChI=1S/C18H16F2N4O3/c1-25-15-9-16(26-2)24-18(23-15)27-17-11(4-3-7-21-17)10-22-12-5-6-13(19)14(20)8-12/h3-9,22H,10H2,1-2H3. The number of nitrogens with one attached hydrogen (secondary N) is 1. The smallest absolute Gasteiger partial charge is 0.330 e. The van der Waals surface area contributed by atoms with E-state index in [2.05, 4.69) is 20.3 Å². The van der Waals surface area contributed by atoms with Gasteiger partial charge in [0.2, 0.25) is 17.6 Å². The van der Waals surface area contributed by atoms with Crippen molar-refractivity contribution in [2.75, 3.05) is 19.5 Å². The predicted octanol–water partition coefficient (Wildman–Crippen LogP) is 3.57. The number of pyridine rings is 1. The highest BCUT2D eigenvalue weighted by Crippen LogP contribution is 2.25. The van der Waals surface area contributed by atoms with Crippen LogP contribution in [0.4, 0.5) is 14.5 Å². The van der Waals surface area contributed by atoms with E-state index in [1.807, 2.05) is 0 Å². The molecule has 0 bridgehead atoms. The van der Waals surface area contributed by atoms with Crippen molar-refractivity contribution in [1.29, 1.82) is 0 Å². The average Bonchev–Trinajstić information content (AvgIpc) is 2.69. The largest absolute Gasteiger partial charge is 0.481 e. The van der Waals surface area contributed by atoms with Gasteiger partial charge >= 0.3 is 6.01 Å². The minimum Gasteiger partial charge on any atom is -0.481 e. The van der Waals surface area contributed by atoms with Gasteiger partial charge in [-0.05, 0) is 18.2 Å². The zero-order chi connectivity index (χ0) is 19.2. The second-order valence-corrected chi connectivity index (χ2v) is 5.29. The lowest BCUT2D eigenvalue weighted by molar-refractivity contribution is 0.344. The van der Waals surface area contributed by atoms with Gasteiger partial charge in [0.15, 0.2) is 11.6 Å². The summed E-state index contributed by atoms with van der Waals surface area (Å²) in [4.78, 5) is 12.3. The van der Waals surface area contributed by atoms with Gasteiger partial charge in [-0.15, -0.1) is 0 Å². The highest BCUT2D eigenvalue weighted by Gasteiger charge is 2.12. The molecule has 0 atom stereocenters. The fourth-order valence-electron chi connectivity index (χ4n) is 2.18. The molecule has 0 amide bonds. The molecule has 0 aliphatic heterocycles. The first-order valence-electron chi connectivity index (χ1n) is 7.87. The zero-order valence-corrected chi connectivity index (χ0v) is 14.6. The average molecular weight is 374 g/mol. The van der Waals surface area contributed by atoms with Crippen LogP contribution in [0.15, 0.2) is 42.6 Å². The van der Waals surface area contributed by atoms with Crippen LogP contribution in [0, 0.1) is 11.6 Å². The molecule has 0 aliphatic carbocycles. The van der Waals surface area contributed by atoms with Crippen LogP contribution in [0.5, 0.6) is 23.7 Å². The van der Waals surface area contributed by atoms with Gasteiger partial charge in [-0.3, -0.25) is 0 Å². The van der Waals surface area contributed by atoms with Gasteiger partial charge < -0.3 is 19.5 Å². The van der Waals surface area contributed by atoms with Crippen LogP contribution in [0.25, 0.3) is 0 Å². The molecule has 27 heavy (non-hydrogen) atoms. The van der Waals surface area contributed by atoms with E-state index in [-0.39, 0.29) is 30.2 Å². The quantitative estimate of drug-likeness (QED) is 0.677. The molecule has 0 saturated carbocycles. The van der Waals surface area contributed by atoms with Gasteiger partial charge in [0.1, 0.15) is 0 Å². The number of halogens is 2. The molecule has 0 unspecified atom stereocenters. The lowest BCUT2D eigenvalue weighted by atomic mass is 10.2. The summed E-state index contributed by atoms with van der Waals surface area (Å²) in [6.45, 7) is 0.259. The summed E-state index contributed by atoms with van der Waals surface area (Å²) in [6, 6.07) is 8.56. The van der Waals surface area contributed by atoms with E-state index in [0.29, 0.717) is 11.3 Å². The SMILES string of the molecule is COc1cc(OC)nc(Oc2ncccc2CNc2ccc(F)c(F)c2)n1. The first-order valence-corrected chi connectivity index (χ1v) is 7.87. The molecule has 7 nitrogen and oxygen atoms in total. The minimum atomic E-state index is -0.931. The fourth-order valence-corrected chi connectivity index (χ4v) is 2.18. The maximum atomic E-state index is 13.3. The molecule has 0 fully saturated rings. The van der Waals surface area contributed by atoms with Gasteiger partial charge in [-0.2, -0.15) is 9.97 Å².